The molecule has 2 aliphatic carbocycles. The average Bonchev–Trinajstić information content (AvgIpc) is 2.70. The summed E-state index contributed by atoms with van der Waals surface area (Å²) in [5.74, 6) is 0.145. The van der Waals surface area contributed by atoms with E-state index in [1.54, 1.807) is 13.0 Å². The molecule has 1 aromatic rings. The van der Waals surface area contributed by atoms with Gasteiger partial charge in [-0.2, -0.15) is 13.2 Å². The van der Waals surface area contributed by atoms with Crippen molar-refractivity contribution in [3.63, 3.8) is 0 Å². The maximum absolute atomic E-state index is 14.2. The van der Waals surface area contributed by atoms with Crippen molar-refractivity contribution >= 4 is 7.82 Å². The normalized spacial score (nSPS) is 26.0. The van der Waals surface area contributed by atoms with Gasteiger partial charge in [-0.3, -0.25) is 4.52 Å². The third kappa shape index (κ3) is 6.76. The molecule has 0 bridgehead atoms. The number of rotatable bonds is 6. The molecule has 1 aromatic carbocycles. The summed E-state index contributed by atoms with van der Waals surface area (Å²) in [4.78, 5) is 18.0. The molecule has 10 heteroatoms. The van der Waals surface area contributed by atoms with E-state index < -0.39 is 25.1 Å². The Bertz CT molecular complexity index is 914. The molecule has 194 valence electrons. The molecule has 6 nitrogen and oxygen atoms in total. The van der Waals surface area contributed by atoms with Gasteiger partial charge in [-0.05, 0) is 86.3 Å². The molecule has 4 N–H and O–H groups in total. The van der Waals surface area contributed by atoms with E-state index in [0.29, 0.717) is 17.9 Å². The summed E-state index contributed by atoms with van der Waals surface area (Å²) in [5.41, 5.74) is 5.41. The van der Waals surface area contributed by atoms with Crippen molar-refractivity contribution in [1.29, 1.82) is 0 Å². The van der Waals surface area contributed by atoms with Crippen molar-refractivity contribution in [3.05, 3.63) is 28.8 Å². The fourth-order valence-electron chi connectivity index (χ4n) is 5.37. The topological polar surface area (TPSA) is 102 Å². The quantitative estimate of drug-likeness (QED) is 0.432. The molecule has 2 aliphatic rings. The van der Waals surface area contributed by atoms with Gasteiger partial charge >= 0.3 is 14.0 Å². The summed E-state index contributed by atoms with van der Waals surface area (Å²) in [6, 6.07) is 3.09. The predicted octanol–water partition coefficient (Wildman–Crippen LogP) is 5.62. The van der Waals surface area contributed by atoms with E-state index in [0.717, 1.165) is 25.7 Å². The number of phosphoric acid groups is 1. The number of phosphoric ester groups is 1. The van der Waals surface area contributed by atoms with Crippen LogP contribution in [-0.4, -0.2) is 28.0 Å². The molecule has 1 fully saturated rings. The van der Waals surface area contributed by atoms with Gasteiger partial charge in [-0.1, -0.05) is 26.8 Å². The van der Waals surface area contributed by atoms with E-state index >= 15 is 0 Å². The Hall–Kier alpha value is -1.12. The second-order valence-corrected chi connectivity index (χ2v) is 12.5. The second kappa shape index (κ2) is 9.74. The Balaban J connectivity index is 1.78. The van der Waals surface area contributed by atoms with Crippen molar-refractivity contribution < 1.29 is 36.8 Å². The Labute approximate surface area is 199 Å². The van der Waals surface area contributed by atoms with Crippen LogP contribution in [0.15, 0.2) is 12.1 Å². The first-order valence-corrected chi connectivity index (χ1v) is 13.4. The van der Waals surface area contributed by atoms with Gasteiger partial charge in [0.25, 0.3) is 0 Å². The lowest BCUT2D eigenvalue weighted by atomic mass is 9.72. The number of halogens is 3. The number of alkyl halides is 3. The van der Waals surface area contributed by atoms with Gasteiger partial charge in [0, 0.05) is 5.54 Å². The molecular formula is C24H37F3NO5P. The second-order valence-electron chi connectivity index (χ2n) is 11.2. The Morgan fingerprint density at radius 3 is 2.18 bits per heavy atom. The van der Waals surface area contributed by atoms with Gasteiger partial charge in [0.2, 0.25) is 0 Å². The van der Waals surface area contributed by atoms with E-state index in [4.69, 9.17) is 20.3 Å². The summed E-state index contributed by atoms with van der Waals surface area (Å²) in [6.45, 7) is 7.81. The van der Waals surface area contributed by atoms with Gasteiger partial charge in [0.15, 0.2) is 0 Å². The number of benzene rings is 1. The van der Waals surface area contributed by atoms with Crippen LogP contribution < -0.4 is 10.5 Å². The molecule has 0 spiro atoms. The van der Waals surface area contributed by atoms with E-state index in [-0.39, 0.29) is 48.2 Å². The number of hydrogen-bond donors (Lipinski definition) is 3. The fourth-order valence-corrected chi connectivity index (χ4v) is 5.82. The van der Waals surface area contributed by atoms with Crippen LogP contribution >= 0.6 is 7.82 Å². The summed E-state index contributed by atoms with van der Waals surface area (Å²) in [6.07, 6.45) is -0.640. The molecule has 0 saturated heterocycles. The first kappa shape index (κ1) is 27.5. The smallest absolute Gasteiger partial charge is 0.469 e. The minimum absolute atomic E-state index is 0.107. The highest BCUT2D eigenvalue weighted by atomic mass is 31.2. The fraction of sp³-hybridized carbons (Fsp3) is 0.750. The molecule has 2 unspecified atom stereocenters. The average molecular weight is 508 g/mol. The lowest BCUT2D eigenvalue weighted by Crippen LogP contribution is -2.50. The molecule has 3 rings (SSSR count). The number of ether oxygens (including phenoxy) is 1. The molecule has 2 atom stereocenters. The van der Waals surface area contributed by atoms with Crippen LogP contribution in [0.3, 0.4) is 0 Å². The van der Waals surface area contributed by atoms with E-state index in [2.05, 4.69) is 25.3 Å². The van der Waals surface area contributed by atoms with Gasteiger partial charge in [-0.25, -0.2) is 4.57 Å². The van der Waals surface area contributed by atoms with Crippen molar-refractivity contribution in [1.82, 2.24) is 0 Å². The summed E-state index contributed by atoms with van der Waals surface area (Å²) < 4.78 is 64.1. The molecule has 34 heavy (non-hydrogen) atoms. The maximum Gasteiger partial charge on any atom is 0.469 e. The zero-order valence-corrected chi connectivity index (χ0v) is 21.2. The third-order valence-corrected chi connectivity index (χ3v) is 8.00. The zero-order chi connectivity index (χ0) is 25.5. The summed E-state index contributed by atoms with van der Waals surface area (Å²) in [7, 11) is -4.69. The van der Waals surface area contributed by atoms with Crippen LogP contribution in [0.2, 0.25) is 0 Å². The molecule has 0 heterocycles. The van der Waals surface area contributed by atoms with E-state index in [1.165, 1.54) is 6.07 Å². The van der Waals surface area contributed by atoms with Crippen molar-refractivity contribution in [2.45, 2.75) is 90.5 Å². The Kier molecular flexibility index (Phi) is 7.86. The Morgan fingerprint density at radius 2 is 1.65 bits per heavy atom. The van der Waals surface area contributed by atoms with Crippen LogP contribution in [0.1, 0.15) is 76.5 Å². The highest BCUT2D eigenvalue weighted by Crippen LogP contribution is 2.46. The molecular weight excluding hydrogens is 470 g/mol. The van der Waals surface area contributed by atoms with Crippen LogP contribution in [0.5, 0.6) is 5.75 Å². The van der Waals surface area contributed by atoms with Crippen LogP contribution in [0, 0.1) is 17.3 Å². The SMILES string of the molecule is CC(C)(C)C1CCC(Oc2ccc3c(c2C(F)(F)F)CCC(C(C)(N)COP(=O)(O)O)C3)CC1. The van der Waals surface area contributed by atoms with Gasteiger partial charge in [0.05, 0.1) is 12.7 Å². The summed E-state index contributed by atoms with van der Waals surface area (Å²) in [5, 5.41) is 0. The molecule has 0 aliphatic heterocycles. The van der Waals surface area contributed by atoms with Gasteiger partial charge < -0.3 is 20.3 Å². The number of nitrogens with two attached hydrogens (primary N) is 1. The van der Waals surface area contributed by atoms with Crippen LogP contribution in [0.25, 0.3) is 0 Å². The maximum atomic E-state index is 14.2. The monoisotopic (exact) mass is 507 g/mol. The number of hydrogen-bond acceptors (Lipinski definition) is 4. The first-order chi connectivity index (χ1) is 15.5. The highest BCUT2D eigenvalue weighted by molar-refractivity contribution is 7.46. The predicted molar refractivity (Wildman–Crippen MR) is 123 cm³/mol. The molecule has 1 saturated carbocycles. The van der Waals surface area contributed by atoms with Crippen molar-refractivity contribution in [3.8, 4) is 5.75 Å². The first-order valence-electron chi connectivity index (χ1n) is 11.8. The van der Waals surface area contributed by atoms with Gasteiger partial charge in [0.1, 0.15) is 11.3 Å². The molecule has 0 amide bonds. The lowest BCUT2D eigenvalue weighted by Gasteiger charge is -2.39. The number of fused-ring (bicyclic) bond motifs is 1. The van der Waals surface area contributed by atoms with E-state index in [9.17, 15) is 17.7 Å². The molecule has 0 radical (unpaired) electrons. The zero-order valence-electron chi connectivity index (χ0n) is 20.3. The molecule has 0 aromatic heterocycles. The third-order valence-electron chi connectivity index (χ3n) is 7.53. The van der Waals surface area contributed by atoms with Crippen molar-refractivity contribution in [2.24, 2.45) is 23.0 Å². The summed E-state index contributed by atoms with van der Waals surface area (Å²) >= 11 is 0. The Morgan fingerprint density at radius 1 is 1.03 bits per heavy atom. The van der Waals surface area contributed by atoms with E-state index in [1.807, 2.05) is 0 Å². The standard InChI is InChI=1S/C24H37F3NO5P/c1-22(2,3)16-6-9-18(10-7-16)33-20-12-5-15-13-17(23(4,28)14-32-34(29,30)31)8-11-19(15)21(20)24(25,26)27/h5,12,16-18H,6-11,13-14,28H2,1-4H3,(H2,29,30,31). The van der Waals surface area contributed by atoms with Crippen LogP contribution in [-0.2, 0) is 28.1 Å². The lowest BCUT2D eigenvalue weighted by molar-refractivity contribution is -0.140. The largest absolute Gasteiger partial charge is 0.490 e. The van der Waals surface area contributed by atoms with Crippen LogP contribution in [0.4, 0.5) is 13.2 Å². The van der Waals surface area contributed by atoms with Gasteiger partial charge in [-0.15, -0.1) is 0 Å². The highest BCUT2D eigenvalue weighted by Gasteiger charge is 2.42. The van der Waals surface area contributed by atoms with Crippen molar-refractivity contribution in [2.75, 3.05) is 6.61 Å². The minimum atomic E-state index is -4.69. The minimum Gasteiger partial charge on any atom is -0.490 e.